The van der Waals surface area contributed by atoms with E-state index in [1.165, 1.54) is 19.3 Å². The molecule has 0 saturated heterocycles. The number of carbonyl (C=O) groups excluding carboxylic acids is 2. The maximum absolute atomic E-state index is 13.3. The molecule has 180 valence electrons. The molecule has 0 saturated carbocycles. The predicted molar refractivity (Wildman–Crippen MR) is 130 cm³/mol. The molecule has 0 spiro atoms. The van der Waals surface area contributed by atoms with E-state index in [0.29, 0.717) is 24.5 Å². The van der Waals surface area contributed by atoms with Gasteiger partial charge in [0.1, 0.15) is 17.8 Å². The molecule has 0 aliphatic carbocycles. The molecule has 0 fully saturated rings. The number of unbranched alkanes of at least 4 members (excludes halogenated alkanes) is 9. The van der Waals surface area contributed by atoms with Crippen LogP contribution in [0.2, 0.25) is 0 Å². The van der Waals surface area contributed by atoms with Crippen molar-refractivity contribution in [3.05, 3.63) is 60.7 Å². The fraction of sp³-hybridized carbons (Fsp3) is 0.462. The van der Waals surface area contributed by atoms with E-state index in [9.17, 15) is 14.2 Å². The molecule has 0 atom stereocenters. The minimum absolute atomic E-state index is 0.293. The third-order valence-corrected chi connectivity index (χ3v) is 6.65. The predicted octanol–water partition coefficient (Wildman–Crippen LogP) is 6.98. The number of esters is 1. The molecular weight excluding hydrogens is 439 g/mol. The van der Waals surface area contributed by atoms with Gasteiger partial charge in [0.05, 0.1) is 6.61 Å². The smallest absolute Gasteiger partial charge is 0.441 e. The van der Waals surface area contributed by atoms with Crippen molar-refractivity contribution in [1.82, 2.24) is 0 Å². The summed E-state index contributed by atoms with van der Waals surface area (Å²) in [6.45, 7) is 0.293. The maximum Gasteiger partial charge on any atom is 0.441 e. The van der Waals surface area contributed by atoms with Gasteiger partial charge in [-0.1, -0.05) is 81.3 Å². The summed E-state index contributed by atoms with van der Waals surface area (Å²) in [5, 5.41) is 0. The Bertz CT molecular complexity index is 795. The summed E-state index contributed by atoms with van der Waals surface area (Å²) in [7, 11) is -3.80. The summed E-state index contributed by atoms with van der Waals surface area (Å²) in [6, 6.07) is 17.3. The van der Waals surface area contributed by atoms with Crippen LogP contribution in [0.5, 0.6) is 11.5 Å². The monoisotopic (exact) mass is 474 g/mol. The quantitative estimate of drug-likeness (QED) is 0.100. The van der Waals surface area contributed by atoms with Gasteiger partial charge in [-0.15, -0.1) is 0 Å². The minimum Gasteiger partial charge on any atom is -0.465 e. The van der Waals surface area contributed by atoms with Gasteiger partial charge in [-0.25, -0.2) is 4.57 Å². The first-order valence-corrected chi connectivity index (χ1v) is 13.5. The molecule has 2 rings (SSSR count). The molecule has 0 aliphatic rings. The number of rotatable bonds is 18. The highest BCUT2D eigenvalue weighted by Crippen LogP contribution is 2.48. The van der Waals surface area contributed by atoms with Crippen molar-refractivity contribution in [3.8, 4) is 11.5 Å². The van der Waals surface area contributed by atoms with Crippen LogP contribution >= 0.6 is 7.60 Å². The Morgan fingerprint density at radius 2 is 1.15 bits per heavy atom. The second kappa shape index (κ2) is 16.1. The van der Waals surface area contributed by atoms with Crippen molar-refractivity contribution in [1.29, 1.82) is 0 Å². The molecule has 0 radical (unpaired) electrons. The van der Waals surface area contributed by atoms with E-state index in [1.807, 2.05) is 12.1 Å². The Balaban J connectivity index is 1.68. The highest BCUT2D eigenvalue weighted by molar-refractivity contribution is 7.55. The van der Waals surface area contributed by atoms with Crippen molar-refractivity contribution in [2.24, 2.45) is 0 Å². The average Bonchev–Trinajstić information content (AvgIpc) is 2.81. The van der Waals surface area contributed by atoms with Crippen LogP contribution in [0.3, 0.4) is 0 Å². The Labute approximate surface area is 197 Å². The first kappa shape index (κ1) is 26.7. The molecule has 0 bridgehead atoms. The van der Waals surface area contributed by atoms with E-state index in [-0.39, 0.29) is 0 Å². The minimum atomic E-state index is -3.80. The van der Waals surface area contributed by atoms with E-state index >= 15 is 0 Å². The van der Waals surface area contributed by atoms with Crippen LogP contribution in [0.15, 0.2) is 60.7 Å². The Morgan fingerprint density at radius 3 is 1.64 bits per heavy atom. The maximum atomic E-state index is 13.3. The number of hydrogen-bond donors (Lipinski definition) is 0. The number of benzene rings is 2. The lowest BCUT2D eigenvalue weighted by atomic mass is 10.1. The molecule has 0 heterocycles. The van der Waals surface area contributed by atoms with Gasteiger partial charge < -0.3 is 18.6 Å². The number of aldehydes is 1. The van der Waals surface area contributed by atoms with Gasteiger partial charge in [-0.2, -0.15) is 0 Å². The third-order valence-electron chi connectivity index (χ3n) is 5.03. The average molecular weight is 475 g/mol. The molecule has 6 nitrogen and oxygen atoms in total. The first-order chi connectivity index (χ1) is 16.1. The number of para-hydroxylation sites is 2. The van der Waals surface area contributed by atoms with Crippen LogP contribution in [0.25, 0.3) is 0 Å². The summed E-state index contributed by atoms with van der Waals surface area (Å²) in [5.74, 6) is 0.141. The Morgan fingerprint density at radius 1 is 0.697 bits per heavy atom. The van der Waals surface area contributed by atoms with Crippen molar-refractivity contribution < 1.29 is 27.9 Å². The van der Waals surface area contributed by atoms with Crippen LogP contribution in [0, 0.1) is 0 Å². The topological polar surface area (TPSA) is 78.9 Å². The zero-order valence-electron chi connectivity index (χ0n) is 19.2. The van der Waals surface area contributed by atoms with E-state index in [2.05, 4.69) is 0 Å². The molecule has 0 aromatic heterocycles. The highest BCUT2D eigenvalue weighted by atomic mass is 31.2. The third kappa shape index (κ3) is 12.3. The summed E-state index contributed by atoms with van der Waals surface area (Å²) >= 11 is 0. The van der Waals surface area contributed by atoms with Crippen molar-refractivity contribution in [2.75, 3.05) is 12.8 Å². The molecule has 7 heteroatoms. The number of ether oxygens (including phenoxy) is 1. The lowest BCUT2D eigenvalue weighted by molar-refractivity contribution is -0.140. The Hall–Kier alpha value is -2.59. The second-order valence-electron chi connectivity index (χ2n) is 7.94. The molecule has 0 aliphatic heterocycles. The van der Waals surface area contributed by atoms with Gasteiger partial charge in [0.25, 0.3) is 0 Å². The molecule has 33 heavy (non-hydrogen) atoms. The summed E-state index contributed by atoms with van der Waals surface area (Å²) in [5.41, 5.74) is 0. The largest absolute Gasteiger partial charge is 0.465 e. The van der Waals surface area contributed by atoms with Crippen LogP contribution in [0.4, 0.5) is 0 Å². The van der Waals surface area contributed by atoms with Crippen LogP contribution in [-0.2, 0) is 18.9 Å². The number of hydrogen-bond acceptors (Lipinski definition) is 6. The second-order valence-corrected chi connectivity index (χ2v) is 9.84. The van der Waals surface area contributed by atoms with Gasteiger partial charge >= 0.3 is 13.6 Å². The lowest BCUT2D eigenvalue weighted by Gasteiger charge is -2.19. The Kier molecular flexibility index (Phi) is 13.0. The SMILES string of the molecule is O=CCCCCCCCCCCCOC(=O)CP(=O)(Oc1ccccc1)Oc1ccccc1. The van der Waals surface area contributed by atoms with E-state index in [4.69, 9.17) is 13.8 Å². The first-order valence-electron chi connectivity index (χ1n) is 11.8. The molecule has 0 unspecified atom stereocenters. The van der Waals surface area contributed by atoms with E-state index in [0.717, 1.165) is 44.8 Å². The van der Waals surface area contributed by atoms with Gasteiger partial charge in [0, 0.05) is 6.42 Å². The zero-order valence-corrected chi connectivity index (χ0v) is 20.1. The van der Waals surface area contributed by atoms with Gasteiger partial charge in [-0.3, -0.25) is 4.79 Å². The van der Waals surface area contributed by atoms with Gasteiger partial charge in [-0.05, 0) is 37.1 Å². The fourth-order valence-electron chi connectivity index (χ4n) is 3.32. The normalized spacial score (nSPS) is 11.0. The van der Waals surface area contributed by atoms with Crippen LogP contribution < -0.4 is 9.05 Å². The molecule has 2 aromatic carbocycles. The van der Waals surface area contributed by atoms with Crippen LogP contribution in [0.1, 0.15) is 64.2 Å². The summed E-state index contributed by atoms with van der Waals surface area (Å²) in [4.78, 5) is 22.6. The van der Waals surface area contributed by atoms with Crippen LogP contribution in [-0.4, -0.2) is 25.0 Å². The van der Waals surface area contributed by atoms with Crippen molar-refractivity contribution >= 4 is 19.9 Å². The van der Waals surface area contributed by atoms with Crippen molar-refractivity contribution in [2.45, 2.75) is 64.2 Å². The number of carbonyl (C=O) groups is 2. The van der Waals surface area contributed by atoms with Gasteiger partial charge in [0.2, 0.25) is 0 Å². The highest BCUT2D eigenvalue weighted by Gasteiger charge is 2.33. The lowest BCUT2D eigenvalue weighted by Crippen LogP contribution is -2.16. The fourth-order valence-corrected chi connectivity index (χ4v) is 4.78. The van der Waals surface area contributed by atoms with Gasteiger partial charge in [0.15, 0.2) is 6.16 Å². The van der Waals surface area contributed by atoms with E-state index < -0.39 is 19.7 Å². The molecule has 0 amide bonds. The molecule has 2 aromatic rings. The summed E-state index contributed by atoms with van der Waals surface area (Å²) in [6.07, 6.45) is 10.9. The molecular formula is C26H35O6P. The standard InChI is InChI=1S/C26H35O6P/c27-21-15-7-5-3-1-2-4-6-8-16-22-30-26(28)23-33(29,31-24-17-11-9-12-18-24)32-25-19-13-10-14-20-25/h9-14,17-21H,1-8,15-16,22-23H2. The summed E-state index contributed by atoms with van der Waals surface area (Å²) < 4.78 is 29.8. The van der Waals surface area contributed by atoms with E-state index in [1.54, 1.807) is 48.5 Å². The molecule has 0 N–H and O–H groups in total. The van der Waals surface area contributed by atoms with Crippen molar-refractivity contribution in [3.63, 3.8) is 0 Å². The zero-order chi connectivity index (χ0) is 23.6.